The summed E-state index contributed by atoms with van der Waals surface area (Å²) in [7, 11) is 1.55. The average Bonchev–Trinajstić information content (AvgIpc) is 3.24. The van der Waals surface area contributed by atoms with Crippen molar-refractivity contribution in [3.63, 3.8) is 0 Å². The average molecular weight is 379 g/mol. The maximum Gasteiger partial charge on any atom is 0.258 e. The van der Waals surface area contributed by atoms with Crippen molar-refractivity contribution in [1.82, 2.24) is 15.1 Å². The van der Waals surface area contributed by atoms with Crippen LogP contribution in [-0.2, 0) is 0 Å². The molecule has 0 atom stereocenters. The van der Waals surface area contributed by atoms with Gasteiger partial charge in [-0.3, -0.25) is 4.79 Å². The topological polar surface area (TPSA) is 87.3 Å². The Bertz CT molecular complexity index is 1020. The lowest BCUT2D eigenvalue weighted by Crippen LogP contribution is -2.40. The number of fused-ring (bicyclic) bond motifs is 1. The molecule has 1 aromatic carbocycles. The van der Waals surface area contributed by atoms with Crippen LogP contribution in [0.25, 0.3) is 23.0 Å². The van der Waals surface area contributed by atoms with Gasteiger partial charge in [-0.15, -0.1) is 0 Å². The van der Waals surface area contributed by atoms with Crippen LogP contribution < -0.4 is 9.47 Å². The lowest BCUT2D eigenvalue weighted by atomic mass is 9.85. The molecule has 0 unspecified atom stereocenters. The Morgan fingerprint density at radius 1 is 1.14 bits per heavy atom. The Labute approximate surface area is 162 Å². The first-order chi connectivity index (χ1) is 13.6. The molecule has 144 valence electrons. The number of rotatable bonds is 5. The number of carbonyl (C=O) groups excluding carboxylic acids is 1. The number of carbonyl (C=O) groups is 1. The summed E-state index contributed by atoms with van der Waals surface area (Å²) >= 11 is 0. The zero-order valence-electron chi connectivity index (χ0n) is 16.1. The highest BCUT2D eigenvalue weighted by atomic mass is 16.5. The molecule has 0 fully saturated rings. The summed E-state index contributed by atoms with van der Waals surface area (Å²) in [5.74, 6) is 1.82. The van der Waals surface area contributed by atoms with E-state index in [1.807, 2.05) is 19.9 Å². The molecule has 0 N–H and O–H groups in total. The highest BCUT2D eigenvalue weighted by Gasteiger charge is 2.37. The second kappa shape index (κ2) is 7.07. The maximum absolute atomic E-state index is 12.7. The number of hydrogen-bond acceptors (Lipinski definition) is 7. The highest BCUT2D eigenvalue weighted by molar-refractivity contribution is 6.01. The molecule has 1 aliphatic heterocycles. The van der Waals surface area contributed by atoms with Crippen LogP contribution in [0, 0.1) is 0 Å². The second-order valence-electron chi connectivity index (χ2n) is 6.79. The van der Waals surface area contributed by atoms with Gasteiger partial charge in [0.15, 0.2) is 5.78 Å². The summed E-state index contributed by atoms with van der Waals surface area (Å²) in [6.45, 7) is 4.09. The van der Waals surface area contributed by atoms with Crippen molar-refractivity contribution in [3.8, 4) is 34.6 Å². The molecular weight excluding hydrogens is 358 g/mol. The van der Waals surface area contributed by atoms with Gasteiger partial charge in [0, 0.05) is 11.6 Å². The predicted molar refractivity (Wildman–Crippen MR) is 102 cm³/mol. The largest absolute Gasteiger partial charge is 0.486 e. The van der Waals surface area contributed by atoms with Crippen molar-refractivity contribution in [2.24, 2.45) is 0 Å². The van der Waals surface area contributed by atoms with Crippen molar-refractivity contribution in [2.75, 3.05) is 7.11 Å². The van der Waals surface area contributed by atoms with E-state index in [1.54, 1.807) is 37.4 Å². The summed E-state index contributed by atoms with van der Waals surface area (Å²) < 4.78 is 16.7. The fourth-order valence-electron chi connectivity index (χ4n) is 3.37. The monoisotopic (exact) mass is 379 g/mol. The highest BCUT2D eigenvalue weighted by Crippen LogP contribution is 2.38. The van der Waals surface area contributed by atoms with E-state index < -0.39 is 5.60 Å². The van der Waals surface area contributed by atoms with E-state index in [1.165, 1.54) is 0 Å². The van der Waals surface area contributed by atoms with Gasteiger partial charge in [-0.25, -0.2) is 4.98 Å². The van der Waals surface area contributed by atoms with E-state index in [0.717, 1.165) is 12.8 Å². The van der Waals surface area contributed by atoms with E-state index in [2.05, 4.69) is 15.1 Å². The number of hydrogen-bond donors (Lipinski definition) is 0. The number of nitrogens with zero attached hydrogens (tertiary/aromatic N) is 3. The van der Waals surface area contributed by atoms with Crippen LogP contribution in [0.4, 0.5) is 0 Å². The van der Waals surface area contributed by atoms with Crippen LogP contribution in [-0.4, -0.2) is 33.6 Å². The molecule has 2 aromatic heterocycles. The first-order valence-corrected chi connectivity index (χ1v) is 9.29. The molecule has 4 rings (SSSR count). The zero-order valence-corrected chi connectivity index (χ0v) is 16.1. The van der Waals surface area contributed by atoms with Crippen LogP contribution in [0.1, 0.15) is 43.5 Å². The number of ether oxygens (including phenoxy) is 2. The number of methoxy groups -OCH3 is 1. The first-order valence-electron chi connectivity index (χ1n) is 9.29. The molecule has 0 spiro atoms. The van der Waals surface area contributed by atoms with Crippen molar-refractivity contribution in [1.29, 1.82) is 0 Å². The molecule has 3 heterocycles. The van der Waals surface area contributed by atoms with Crippen LogP contribution in [0.15, 0.2) is 40.9 Å². The van der Waals surface area contributed by atoms with E-state index >= 15 is 0 Å². The number of Topliss-reactive ketones (excluding diaryl/α,β-unsaturated/α-hetero) is 1. The van der Waals surface area contributed by atoms with Crippen molar-refractivity contribution in [2.45, 2.75) is 38.7 Å². The van der Waals surface area contributed by atoms with Gasteiger partial charge in [-0.2, -0.15) is 4.98 Å². The first kappa shape index (κ1) is 18.2. The standard InChI is InChI=1S/C21H21N3O4/c1-4-21(5-2)12-16(25)14-11-13(9-10-17(14)27-21)20-23-19(24-28-20)15-7-6-8-18(22-15)26-3/h6-11H,4-5,12H2,1-3H3. The molecule has 0 saturated carbocycles. The molecule has 7 heteroatoms. The third-order valence-corrected chi connectivity index (χ3v) is 5.21. The van der Waals surface area contributed by atoms with E-state index in [4.69, 9.17) is 14.0 Å². The molecule has 0 radical (unpaired) electrons. The Balaban J connectivity index is 1.66. The molecule has 0 amide bonds. The molecule has 3 aromatic rings. The van der Waals surface area contributed by atoms with Crippen LogP contribution in [0.5, 0.6) is 11.6 Å². The smallest absolute Gasteiger partial charge is 0.258 e. The molecular formula is C21H21N3O4. The van der Waals surface area contributed by atoms with Gasteiger partial charge in [0.05, 0.1) is 19.1 Å². The molecule has 0 aliphatic carbocycles. The minimum atomic E-state index is -0.415. The third-order valence-electron chi connectivity index (χ3n) is 5.21. The predicted octanol–water partition coefficient (Wildman–Crippen LogP) is 4.33. The second-order valence-corrected chi connectivity index (χ2v) is 6.79. The van der Waals surface area contributed by atoms with E-state index in [9.17, 15) is 4.79 Å². The minimum Gasteiger partial charge on any atom is -0.486 e. The van der Waals surface area contributed by atoms with Gasteiger partial charge in [-0.1, -0.05) is 25.1 Å². The Hall–Kier alpha value is -3.22. The summed E-state index contributed by atoms with van der Waals surface area (Å²) in [5.41, 5.74) is 1.34. The fraction of sp³-hybridized carbons (Fsp3) is 0.333. The van der Waals surface area contributed by atoms with Gasteiger partial charge in [0.1, 0.15) is 17.0 Å². The Morgan fingerprint density at radius 2 is 1.96 bits per heavy atom. The fourth-order valence-corrected chi connectivity index (χ4v) is 3.37. The lowest BCUT2D eigenvalue weighted by Gasteiger charge is -2.36. The number of aromatic nitrogens is 3. The quantitative estimate of drug-likeness (QED) is 0.652. The van der Waals surface area contributed by atoms with Gasteiger partial charge >= 0.3 is 0 Å². The van der Waals surface area contributed by atoms with Crippen molar-refractivity contribution in [3.05, 3.63) is 42.0 Å². The van der Waals surface area contributed by atoms with Gasteiger partial charge < -0.3 is 14.0 Å². The number of pyridine rings is 1. The van der Waals surface area contributed by atoms with Gasteiger partial charge in [-0.05, 0) is 37.1 Å². The minimum absolute atomic E-state index is 0.0704. The van der Waals surface area contributed by atoms with E-state index in [-0.39, 0.29) is 5.78 Å². The summed E-state index contributed by atoms with van der Waals surface area (Å²) in [6, 6.07) is 10.7. The Morgan fingerprint density at radius 3 is 2.71 bits per heavy atom. The van der Waals surface area contributed by atoms with Gasteiger partial charge in [0.2, 0.25) is 11.7 Å². The third kappa shape index (κ3) is 3.13. The molecule has 28 heavy (non-hydrogen) atoms. The Kier molecular flexibility index (Phi) is 4.58. The number of ketones is 1. The summed E-state index contributed by atoms with van der Waals surface area (Å²) in [6.07, 6.45) is 1.95. The zero-order chi connectivity index (χ0) is 19.7. The normalized spacial score (nSPS) is 15.0. The van der Waals surface area contributed by atoms with Crippen molar-refractivity contribution >= 4 is 5.78 Å². The van der Waals surface area contributed by atoms with Crippen LogP contribution in [0.3, 0.4) is 0 Å². The molecule has 0 saturated heterocycles. The van der Waals surface area contributed by atoms with Crippen molar-refractivity contribution < 1.29 is 18.8 Å². The van der Waals surface area contributed by atoms with Crippen LogP contribution in [0.2, 0.25) is 0 Å². The molecule has 0 bridgehead atoms. The molecule has 7 nitrogen and oxygen atoms in total. The SMILES string of the molecule is CCC1(CC)CC(=O)c2cc(-c3nc(-c4cccc(OC)n4)no3)ccc2O1. The maximum atomic E-state index is 12.7. The van der Waals surface area contributed by atoms with Gasteiger partial charge in [0.25, 0.3) is 5.89 Å². The summed E-state index contributed by atoms with van der Waals surface area (Å²) in [4.78, 5) is 21.4. The summed E-state index contributed by atoms with van der Waals surface area (Å²) in [5, 5.41) is 4.00. The lowest BCUT2D eigenvalue weighted by molar-refractivity contribution is 0.0350. The van der Waals surface area contributed by atoms with Crippen LogP contribution >= 0.6 is 0 Å². The number of benzene rings is 1. The van der Waals surface area contributed by atoms with E-state index in [0.29, 0.717) is 46.6 Å². The molecule has 1 aliphatic rings.